The predicted octanol–water partition coefficient (Wildman–Crippen LogP) is 1.27. The second kappa shape index (κ2) is 6.04. The van der Waals surface area contributed by atoms with Gasteiger partial charge in [0.25, 0.3) is 11.6 Å². The van der Waals surface area contributed by atoms with E-state index in [1.54, 1.807) is 30.2 Å². The van der Waals surface area contributed by atoms with Crippen LogP contribution in [0, 0.1) is 10.1 Å². The summed E-state index contributed by atoms with van der Waals surface area (Å²) in [4.78, 5) is 23.6. The van der Waals surface area contributed by atoms with Crippen molar-refractivity contribution >= 4 is 11.6 Å². The van der Waals surface area contributed by atoms with Crippen LogP contribution in [0.4, 0.5) is 5.69 Å². The first-order chi connectivity index (χ1) is 9.99. The monoisotopic (exact) mass is 290 g/mol. The number of hydrogen-bond acceptors (Lipinski definition) is 5. The lowest BCUT2D eigenvalue weighted by Crippen LogP contribution is -2.30. The van der Waals surface area contributed by atoms with Crippen molar-refractivity contribution in [1.29, 1.82) is 0 Å². The van der Waals surface area contributed by atoms with Gasteiger partial charge < -0.3 is 10.0 Å². The highest BCUT2D eigenvalue weighted by atomic mass is 16.6. The Balaban J connectivity index is 2.06. The number of non-ortho nitro benzene ring substituents is 1. The molecule has 2 rings (SSSR count). The van der Waals surface area contributed by atoms with Gasteiger partial charge in [0.05, 0.1) is 23.1 Å². The Morgan fingerprint density at radius 3 is 2.86 bits per heavy atom. The van der Waals surface area contributed by atoms with Crippen molar-refractivity contribution in [2.45, 2.75) is 6.54 Å². The molecule has 8 nitrogen and oxygen atoms in total. The summed E-state index contributed by atoms with van der Waals surface area (Å²) in [5.41, 5.74) is -0.230. The van der Waals surface area contributed by atoms with Gasteiger partial charge in [-0.25, -0.2) is 0 Å². The largest absolute Gasteiger partial charge is 0.507 e. The number of carbonyl (C=O) groups is 1. The Morgan fingerprint density at radius 2 is 2.29 bits per heavy atom. The van der Waals surface area contributed by atoms with Gasteiger partial charge in [0.1, 0.15) is 5.75 Å². The van der Waals surface area contributed by atoms with Crippen molar-refractivity contribution in [2.75, 3.05) is 13.6 Å². The van der Waals surface area contributed by atoms with Gasteiger partial charge in [-0.05, 0) is 12.1 Å². The van der Waals surface area contributed by atoms with Gasteiger partial charge >= 0.3 is 0 Å². The number of amides is 1. The summed E-state index contributed by atoms with van der Waals surface area (Å²) in [5.74, 6) is -0.810. The summed E-state index contributed by atoms with van der Waals surface area (Å²) >= 11 is 0. The van der Waals surface area contributed by atoms with Crippen LogP contribution in [-0.4, -0.2) is 44.2 Å². The Bertz CT molecular complexity index is 654. The van der Waals surface area contributed by atoms with E-state index in [1.807, 2.05) is 0 Å². The standard InChI is InChI=1S/C13H14N4O4/c1-15(7-8-16-6-2-5-14-16)13(19)11-4-3-10(17(20)21)9-12(11)18/h2-6,9,18H,7-8H2,1H3. The molecular weight excluding hydrogens is 276 g/mol. The molecule has 1 aromatic heterocycles. The molecule has 110 valence electrons. The first-order valence-electron chi connectivity index (χ1n) is 6.19. The molecule has 0 spiro atoms. The van der Waals surface area contributed by atoms with Crippen LogP contribution in [0.1, 0.15) is 10.4 Å². The van der Waals surface area contributed by atoms with E-state index >= 15 is 0 Å². The number of hydrogen-bond donors (Lipinski definition) is 1. The molecule has 0 fully saturated rings. The summed E-state index contributed by atoms with van der Waals surface area (Å²) in [5, 5.41) is 24.4. The molecule has 0 radical (unpaired) electrons. The summed E-state index contributed by atoms with van der Waals surface area (Å²) in [6, 6.07) is 5.19. The van der Waals surface area contributed by atoms with E-state index in [9.17, 15) is 20.0 Å². The third kappa shape index (κ3) is 3.35. The van der Waals surface area contributed by atoms with Crippen molar-refractivity contribution < 1.29 is 14.8 Å². The van der Waals surface area contributed by atoms with E-state index in [1.165, 1.54) is 17.0 Å². The number of rotatable bonds is 5. The third-order valence-electron chi connectivity index (χ3n) is 2.99. The zero-order valence-corrected chi connectivity index (χ0v) is 11.3. The van der Waals surface area contributed by atoms with Crippen LogP contribution < -0.4 is 0 Å². The van der Waals surface area contributed by atoms with Crippen LogP contribution in [0.3, 0.4) is 0 Å². The molecule has 0 aliphatic rings. The van der Waals surface area contributed by atoms with Gasteiger partial charge in [0.2, 0.25) is 0 Å². The highest BCUT2D eigenvalue weighted by molar-refractivity contribution is 5.97. The Hall–Kier alpha value is -2.90. The molecule has 2 aromatic rings. The quantitative estimate of drug-likeness (QED) is 0.660. The van der Waals surface area contributed by atoms with Crippen LogP contribution in [0.25, 0.3) is 0 Å². The lowest BCUT2D eigenvalue weighted by Gasteiger charge is -2.17. The fraction of sp³-hybridized carbons (Fsp3) is 0.231. The molecule has 1 aromatic carbocycles. The number of phenols is 1. The van der Waals surface area contributed by atoms with E-state index in [0.29, 0.717) is 13.1 Å². The highest BCUT2D eigenvalue weighted by Crippen LogP contribution is 2.24. The summed E-state index contributed by atoms with van der Waals surface area (Å²) < 4.78 is 1.68. The van der Waals surface area contributed by atoms with Crippen LogP contribution >= 0.6 is 0 Å². The fourth-order valence-electron chi connectivity index (χ4n) is 1.81. The minimum atomic E-state index is -0.630. The normalized spacial score (nSPS) is 10.3. The van der Waals surface area contributed by atoms with Gasteiger partial charge in [0, 0.05) is 32.1 Å². The Kier molecular flexibility index (Phi) is 4.17. The number of benzene rings is 1. The van der Waals surface area contributed by atoms with E-state index in [4.69, 9.17) is 0 Å². The average molecular weight is 290 g/mol. The number of likely N-dealkylation sites (N-methyl/N-ethyl adjacent to an activating group) is 1. The number of aromatic nitrogens is 2. The minimum absolute atomic E-state index is 0.0311. The van der Waals surface area contributed by atoms with Crippen LogP contribution in [0.15, 0.2) is 36.7 Å². The van der Waals surface area contributed by atoms with Crippen molar-refractivity contribution in [3.05, 3.63) is 52.3 Å². The number of nitro benzene ring substituents is 1. The van der Waals surface area contributed by atoms with E-state index in [-0.39, 0.29) is 11.3 Å². The summed E-state index contributed by atoms with van der Waals surface area (Å²) in [6.45, 7) is 0.917. The second-order valence-corrected chi connectivity index (χ2v) is 4.45. The number of phenolic OH excluding ortho intramolecular Hbond substituents is 1. The Labute approximate surface area is 120 Å². The third-order valence-corrected chi connectivity index (χ3v) is 2.99. The SMILES string of the molecule is CN(CCn1cccn1)C(=O)c1ccc([N+](=O)[O-])cc1O. The van der Waals surface area contributed by atoms with E-state index in [0.717, 1.165) is 6.07 Å². The maximum Gasteiger partial charge on any atom is 0.273 e. The first-order valence-corrected chi connectivity index (χ1v) is 6.19. The fourth-order valence-corrected chi connectivity index (χ4v) is 1.81. The molecule has 0 bridgehead atoms. The van der Waals surface area contributed by atoms with Gasteiger partial charge in [-0.2, -0.15) is 5.10 Å². The molecule has 0 saturated heterocycles. The molecule has 21 heavy (non-hydrogen) atoms. The molecule has 1 heterocycles. The zero-order valence-electron chi connectivity index (χ0n) is 11.3. The zero-order chi connectivity index (χ0) is 15.4. The lowest BCUT2D eigenvalue weighted by atomic mass is 10.1. The number of carbonyl (C=O) groups excluding carboxylic acids is 1. The van der Waals surface area contributed by atoms with Crippen molar-refractivity contribution in [3.8, 4) is 5.75 Å². The second-order valence-electron chi connectivity index (χ2n) is 4.45. The molecule has 0 aliphatic heterocycles. The molecule has 1 amide bonds. The number of aromatic hydroxyl groups is 1. The van der Waals surface area contributed by atoms with Crippen LogP contribution in [0.5, 0.6) is 5.75 Å². The molecule has 0 unspecified atom stereocenters. The van der Waals surface area contributed by atoms with Crippen molar-refractivity contribution in [3.63, 3.8) is 0 Å². The van der Waals surface area contributed by atoms with Gasteiger partial charge in [-0.3, -0.25) is 19.6 Å². The number of nitro groups is 1. The molecule has 0 aliphatic carbocycles. The van der Waals surface area contributed by atoms with E-state index in [2.05, 4.69) is 5.10 Å². The van der Waals surface area contributed by atoms with Gasteiger partial charge in [-0.15, -0.1) is 0 Å². The summed E-state index contributed by atoms with van der Waals surface area (Å²) in [6.07, 6.45) is 3.42. The van der Waals surface area contributed by atoms with Crippen molar-refractivity contribution in [1.82, 2.24) is 14.7 Å². The average Bonchev–Trinajstić information content (AvgIpc) is 2.97. The smallest absolute Gasteiger partial charge is 0.273 e. The lowest BCUT2D eigenvalue weighted by molar-refractivity contribution is -0.384. The van der Waals surface area contributed by atoms with Crippen LogP contribution in [0.2, 0.25) is 0 Å². The predicted molar refractivity (Wildman–Crippen MR) is 73.9 cm³/mol. The highest BCUT2D eigenvalue weighted by Gasteiger charge is 2.18. The minimum Gasteiger partial charge on any atom is -0.507 e. The molecule has 1 N–H and O–H groups in total. The first kappa shape index (κ1) is 14.5. The van der Waals surface area contributed by atoms with Crippen LogP contribution in [-0.2, 0) is 6.54 Å². The molecule has 0 atom stereocenters. The Morgan fingerprint density at radius 1 is 1.52 bits per heavy atom. The molecular formula is C13H14N4O4. The molecule has 8 heteroatoms. The maximum absolute atomic E-state index is 12.2. The van der Waals surface area contributed by atoms with Gasteiger partial charge in [0.15, 0.2) is 0 Å². The number of nitrogens with zero attached hydrogens (tertiary/aromatic N) is 4. The van der Waals surface area contributed by atoms with Gasteiger partial charge in [-0.1, -0.05) is 0 Å². The summed E-state index contributed by atoms with van der Waals surface area (Å²) in [7, 11) is 1.59. The maximum atomic E-state index is 12.2. The van der Waals surface area contributed by atoms with Crippen molar-refractivity contribution in [2.24, 2.45) is 0 Å². The molecule has 0 saturated carbocycles. The topological polar surface area (TPSA) is 102 Å². The van der Waals surface area contributed by atoms with E-state index < -0.39 is 16.6 Å².